The number of fused-ring (bicyclic) bond motifs is 1. The Morgan fingerprint density at radius 1 is 1.22 bits per heavy atom. The number of rotatable bonds is 3. The smallest absolute Gasteiger partial charge is 0.138 e. The normalized spacial score (nSPS) is 10.7. The van der Waals surface area contributed by atoms with Crippen molar-refractivity contribution < 1.29 is 0 Å². The summed E-state index contributed by atoms with van der Waals surface area (Å²) in [6.07, 6.45) is 2.45. The zero-order valence-electron chi connectivity index (χ0n) is 9.92. The van der Waals surface area contributed by atoms with Gasteiger partial charge in [-0.05, 0) is 23.6 Å². The SMILES string of the molecule is CNc1nc(Cc2ccccn2)nc2sccc12. The van der Waals surface area contributed by atoms with Crippen molar-refractivity contribution in [3.05, 3.63) is 47.4 Å². The molecule has 0 saturated heterocycles. The molecular weight excluding hydrogens is 244 g/mol. The molecule has 90 valence electrons. The Labute approximate surface area is 109 Å². The molecule has 0 saturated carbocycles. The Morgan fingerprint density at radius 3 is 2.94 bits per heavy atom. The largest absolute Gasteiger partial charge is 0.372 e. The predicted molar refractivity (Wildman–Crippen MR) is 74.0 cm³/mol. The molecule has 0 aliphatic rings. The Bertz CT molecular complexity index is 663. The van der Waals surface area contributed by atoms with Crippen LogP contribution < -0.4 is 5.32 Å². The zero-order chi connectivity index (χ0) is 12.4. The van der Waals surface area contributed by atoms with Gasteiger partial charge in [0.15, 0.2) is 0 Å². The third-order valence-corrected chi connectivity index (χ3v) is 3.48. The topological polar surface area (TPSA) is 50.7 Å². The number of aromatic nitrogens is 3. The molecule has 0 aromatic carbocycles. The Morgan fingerprint density at radius 2 is 2.17 bits per heavy atom. The first kappa shape index (κ1) is 11.1. The summed E-state index contributed by atoms with van der Waals surface area (Å²) in [5.41, 5.74) is 0.982. The van der Waals surface area contributed by atoms with Gasteiger partial charge in [-0.1, -0.05) is 6.07 Å². The van der Waals surface area contributed by atoms with Gasteiger partial charge in [-0.3, -0.25) is 4.98 Å². The molecule has 1 N–H and O–H groups in total. The van der Waals surface area contributed by atoms with Crippen LogP contribution in [-0.4, -0.2) is 22.0 Å². The molecule has 0 atom stereocenters. The first-order valence-corrected chi connectivity index (χ1v) is 6.56. The molecule has 0 amide bonds. The van der Waals surface area contributed by atoms with E-state index in [1.165, 1.54) is 0 Å². The zero-order valence-corrected chi connectivity index (χ0v) is 10.7. The summed E-state index contributed by atoms with van der Waals surface area (Å²) in [5.74, 6) is 1.68. The van der Waals surface area contributed by atoms with Crippen LogP contribution in [0.25, 0.3) is 10.2 Å². The molecule has 0 fully saturated rings. The molecule has 0 unspecified atom stereocenters. The lowest BCUT2D eigenvalue weighted by atomic mass is 10.2. The van der Waals surface area contributed by atoms with Crippen LogP contribution >= 0.6 is 11.3 Å². The Balaban J connectivity index is 2.02. The van der Waals surface area contributed by atoms with Gasteiger partial charge in [0.2, 0.25) is 0 Å². The van der Waals surface area contributed by atoms with Crippen molar-refractivity contribution in [1.29, 1.82) is 0 Å². The summed E-state index contributed by atoms with van der Waals surface area (Å²) in [6, 6.07) is 7.91. The molecule has 3 rings (SSSR count). The monoisotopic (exact) mass is 256 g/mol. The Hall–Kier alpha value is -2.01. The molecular formula is C13H12N4S. The number of nitrogens with one attached hydrogen (secondary N) is 1. The highest BCUT2D eigenvalue weighted by Gasteiger charge is 2.08. The average Bonchev–Trinajstić information content (AvgIpc) is 2.87. The standard InChI is InChI=1S/C13H12N4S/c1-14-12-10-5-7-18-13(10)17-11(16-12)8-9-4-2-3-6-15-9/h2-7H,8H2,1H3,(H,14,16,17). The maximum atomic E-state index is 4.57. The fourth-order valence-corrected chi connectivity index (χ4v) is 2.62. The van der Waals surface area contributed by atoms with E-state index < -0.39 is 0 Å². The maximum Gasteiger partial charge on any atom is 0.138 e. The van der Waals surface area contributed by atoms with Crippen molar-refractivity contribution in [3.8, 4) is 0 Å². The fourth-order valence-electron chi connectivity index (χ4n) is 1.83. The molecule has 3 heterocycles. The average molecular weight is 256 g/mol. The third-order valence-electron chi connectivity index (χ3n) is 2.67. The van der Waals surface area contributed by atoms with E-state index in [1.54, 1.807) is 17.5 Å². The summed E-state index contributed by atoms with van der Waals surface area (Å²) < 4.78 is 0. The molecule has 0 radical (unpaired) electrons. The lowest BCUT2D eigenvalue weighted by Crippen LogP contribution is -2.02. The maximum absolute atomic E-state index is 4.57. The molecule has 3 aromatic rings. The van der Waals surface area contributed by atoms with Crippen molar-refractivity contribution in [2.24, 2.45) is 0 Å². The van der Waals surface area contributed by atoms with Gasteiger partial charge in [0.25, 0.3) is 0 Å². The van der Waals surface area contributed by atoms with Crippen LogP contribution in [0.5, 0.6) is 0 Å². The number of hydrogen-bond donors (Lipinski definition) is 1. The molecule has 0 spiro atoms. The van der Waals surface area contributed by atoms with Crippen LogP contribution in [0.1, 0.15) is 11.5 Å². The molecule has 5 heteroatoms. The predicted octanol–water partition coefficient (Wildman–Crippen LogP) is 2.72. The van der Waals surface area contributed by atoms with Gasteiger partial charge in [0.1, 0.15) is 16.5 Å². The second kappa shape index (κ2) is 4.70. The molecule has 0 aliphatic carbocycles. The van der Waals surface area contributed by atoms with Crippen molar-refractivity contribution in [1.82, 2.24) is 15.0 Å². The first-order valence-electron chi connectivity index (χ1n) is 5.68. The fraction of sp³-hybridized carbons (Fsp3) is 0.154. The minimum absolute atomic E-state index is 0.656. The molecule has 0 aliphatic heterocycles. The lowest BCUT2D eigenvalue weighted by molar-refractivity contribution is 0.958. The van der Waals surface area contributed by atoms with E-state index in [-0.39, 0.29) is 0 Å². The van der Waals surface area contributed by atoms with E-state index in [0.717, 1.165) is 27.6 Å². The minimum atomic E-state index is 0.656. The highest BCUT2D eigenvalue weighted by Crippen LogP contribution is 2.25. The van der Waals surface area contributed by atoms with Crippen LogP contribution in [0.4, 0.5) is 5.82 Å². The highest BCUT2D eigenvalue weighted by atomic mass is 32.1. The van der Waals surface area contributed by atoms with Crippen LogP contribution in [-0.2, 0) is 6.42 Å². The first-order chi connectivity index (χ1) is 8.86. The molecule has 4 nitrogen and oxygen atoms in total. The van der Waals surface area contributed by atoms with Crippen LogP contribution in [0, 0.1) is 0 Å². The molecule has 18 heavy (non-hydrogen) atoms. The molecule has 0 bridgehead atoms. The molecule has 3 aromatic heterocycles. The van der Waals surface area contributed by atoms with E-state index in [1.807, 2.05) is 36.7 Å². The van der Waals surface area contributed by atoms with Crippen LogP contribution in [0.3, 0.4) is 0 Å². The van der Waals surface area contributed by atoms with Gasteiger partial charge in [0, 0.05) is 18.9 Å². The van der Waals surface area contributed by atoms with Crippen molar-refractivity contribution in [2.45, 2.75) is 6.42 Å². The van der Waals surface area contributed by atoms with Gasteiger partial charge >= 0.3 is 0 Å². The van der Waals surface area contributed by atoms with E-state index in [2.05, 4.69) is 20.3 Å². The van der Waals surface area contributed by atoms with Gasteiger partial charge in [0.05, 0.1) is 11.8 Å². The third kappa shape index (κ3) is 2.04. The number of thiophene rings is 1. The van der Waals surface area contributed by atoms with Gasteiger partial charge < -0.3 is 5.32 Å². The minimum Gasteiger partial charge on any atom is -0.372 e. The van der Waals surface area contributed by atoms with Crippen molar-refractivity contribution in [2.75, 3.05) is 12.4 Å². The summed E-state index contributed by atoms with van der Waals surface area (Å²) in [7, 11) is 1.88. The van der Waals surface area contributed by atoms with E-state index >= 15 is 0 Å². The van der Waals surface area contributed by atoms with E-state index in [4.69, 9.17) is 0 Å². The quantitative estimate of drug-likeness (QED) is 0.783. The number of anilines is 1. The van der Waals surface area contributed by atoms with Gasteiger partial charge in [-0.2, -0.15) is 0 Å². The highest BCUT2D eigenvalue weighted by molar-refractivity contribution is 7.16. The second-order valence-electron chi connectivity index (χ2n) is 3.88. The summed E-state index contributed by atoms with van der Waals surface area (Å²) in [4.78, 5) is 14.4. The summed E-state index contributed by atoms with van der Waals surface area (Å²) >= 11 is 1.63. The van der Waals surface area contributed by atoms with E-state index in [9.17, 15) is 0 Å². The van der Waals surface area contributed by atoms with Gasteiger partial charge in [-0.25, -0.2) is 9.97 Å². The number of hydrogen-bond acceptors (Lipinski definition) is 5. The summed E-state index contributed by atoms with van der Waals surface area (Å²) in [6.45, 7) is 0. The van der Waals surface area contributed by atoms with Crippen LogP contribution in [0.2, 0.25) is 0 Å². The summed E-state index contributed by atoms with van der Waals surface area (Å²) in [5, 5.41) is 6.23. The number of pyridine rings is 1. The van der Waals surface area contributed by atoms with Crippen molar-refractivity contribution in [3.63, 3.8) is 0 Å². The van der Waals surface area contributed by atoms with Crippen LogP contribution in [0.15, 0.2) is 35.8 Å². The van der Waals surface area contributed by atoms with Crippen molar-refractivity contribution >= 4 is 27.4 Å². The van der Waals surface area contributed by atoms with E-state index in [0.29, 0.717) is 6.42 Å². The lowest BCUT2D eigenvalue weighted by Gasteiger charge is -2.05. The van der Waals surface area contributed by atoms with Gasteiger partial charge in [-0.15, -0.1) is 11.3 Å². The number of nitrogens with zero attached hydrogens (tertiary/aromatic N) is 3. The Kier molecular flexibility index (Phi) is 2.90. The second-order valence-corrected chi connectivity index (χ2v) is 4.77.